The van der Waals surface area contributed by atoms with Gasteiger partial charge in [0.1, 0.15) is 0 Å². The standard InChI is InChI=1S/C40H29NO4S/c1-21-15-37(46-36(21)20-33-38(42)29-13-10-25(40(44)45)18-32(29)39(33)43)24-11-14-35-31(17-24)28-7-4-8-34(28)41(35)26-12-9-23-16-22-5-2-3-6-27(22)30(23)19-26/h2-3,5-6,9-15,17-20,28,34H,4,7-8,16H2,1H3,(H,44,45)/b33-20+. The van der Waals surface area contributed by atoms with Crippen LogP contribution in [0.25, 0.3) is 27.6 Å². The van der Waals surface area contributed by atoms with Crippen molar-refractivity contribution in [3.8, 4) is 21.6 Å². The van der Waals surface area contributed by atoms with Gasteiger partial charge in [-0.3, -0.25) is 9.59 Å². The number of fused-ring (bicyclic) bond motifs is 7. The zero-order valence-electron chi connectivity index (χ0n) is 25.2. The summed E-state index contributed by atoms with van der Waals surface area (Å²) >= 11 is 1.58. The lowest BCUT2D eigenvalue weighted by Crippen LogP contribution is -2.26. The maximum absolute atomic E-state index is 13.2. The van der Waals surface area contributed by atoms with E-state index in [9.17, 15) is 19.5 Å². The molecule has 1 fully saturated rings. The van der Waals surface area contributed by atoms with Crippen LogP contribution >= 0.6 is 11.3 Å². The summed E-state index contributed by atoms with van der Waals surface area (Å²) in [6.45, 7) is 2.00. The Kier molecular flexibility index (Phi) is 5.90. The van der Waals surface area contributed by atoms with Crippen molar-refractivity contribution in [3.63, 3.8) is 0 Å². The Hall–Kier alpha value is -5.07. The molecule has 4 aromatic carbocycles. The average molecular weight is 620 g/mol. The minimum Gasteiger partial charge on any atom is -0.478 e. The fourth-order valence-electron chi connectivity index (χ4n) is 8.11. The van der Waals surface area contributed by atoms with Gasteiger partial charge in [0.15, 0.2) is 11.6 Å². The summed E-state index contributed by atoms with van der Waals surface area (Å²) in [5.74, 6) is -1.41. The molecule has 1 aromatic heterocycles. The first-order chi connectivity index (χ1) is 22.4. The summed E-state index contributed by atoms with van der Waals surface area (Å²) in [5.41, 5.74) is 12.1. The number of allylic oxidation sites excluding steroid dienone is 1. The number of carboxylic acid groups (broad SMARTS) is 1. The van der Waals surface area contributed by atoms with Crippen LogP contribution in [0.5, 0.6) is 0 Å². The van der Waals surface area contributed by atoms with Crippen molar-refractivity contribution in [1.82, 2.24) is 0 Å². The molecule has 46 heavy (non-hydrogen) atoms. The molecule has 0 bridgehead atoms. The first-order valence-corrected chi connectivity index (χ1v) is 16.6. The predicted octanol–water partition coefficient (Wildman–Crippen LogP) is 9.24. The summed E-state index contributed by atoms with van der Waals surface area (Å²) in [7, 11) is 0. The van der Waals surface area contributed by atoms with Crippen LogP contribution in [0.1, 0.15) is 83.4 Å². The van der Waals surface area contributed by atoms with Gasteiger partial charge in [-0.1, -0.05) is 42.8 Å². The first-order valence-electron chi connectivity index (χ1n) is 15.8. The molecule has 3 aliphatic carbocycles. The number of nitrogens with zero attached hydrogens (tertiary/aromatic N) is 1. The number of carbonyl (C=O) groups excluding carboxylic acids is 2. The molecule has 0 radical (unpaired) electrons. The summed E-state index contributed by atoms with van der Waals surface area (Å²) in [5, 5.41) is 9.35. The molecule has 9 rings (SSSR count). The van der Waals surface area contributed by atoms with Crippen LogP contribution in [0.15, 0.2) is 90.5 Å². The largest absolute Gasteiger partial charge is 0.478 e. The Balaban J connectivity index is 1.06. The summed E-state index contributed by atoms with van der Waals surface area (Å²) in [4.78, 5) is 42.3. The summed E-state index contributed by atoms with van der Waals surface area (Å²) < 4.78 is 0. The normalized spacial score (nSPS) is 19.8. The number of benzene rings is 4. The second kappa shape index (κ2) is 9.96. The summed E-state index contributed by atoms with van der Waals surface area (Å²) in [6, 6.07) is 29.3. The van der Waals surface area contributed by atoms with Gasteiger partial charge in [0.2, 0.25) is 0 Å². The van der Waals surface area contributed by atoms with Gasteiger partial charge in [-0.25, -0.2) is 4.79 Å². The van der Waals surface area contributed by atoms with Crippen molar-refractivity contribution in [3.05, 3.63) is 134 Å². The zero-order valence-corrected chi connectivity index (χ0v) is 26.0. The van der Waals surface area contributed by atoms with E-state index in [2.05, 4.69) is 71.6 Å². The molecule has 0 amide bonds. The van der Waals surface area contributed by atoms with Crippen LogP contribution in [-0.2, 0) is 6.42 Å². The molecule has 2 atom stereocenters. The highest BCUT2D eigenvalue weighted by Gasteiger charge is 2.42. The Morgan fingerprint density at radius 1 is 0.848 bits per heavy atom. The molecule has 0 spiro atoms. The third kappa shape index (κ3) is 3.96. The van der Waals surface area contributed by atoms with Gasteiger partial charge < -0.3 is 10.0 Å². The average Bonchev–Trinajstić information content (AvgIpc) is 3.87. The molecule has 1 aliphatic heterocycles. The van der Waals surface area contributed by atoms with Gasteiger partial charge in [0.05, 0.1) is 11.1 Å². The molecular weight excluding hydrogens is 591 g/mol. The number of hydrogen-bond acceptors (Lipinski definition) is 5. The molecular formula is C40H29NO4S. The van der Waals surface area contributed by atoms with Gasteiger partial charge in [0.25, 0.3) is 0 Å². The van der Waals surface area contributed by atoms with Crippen LogP contribution in [0.3, 0.4) is 0 Å². The van der Waals surface area contributed by atoms with Gasteiger partial charge >= 0.3 is 5.97 Å². The molecule has 1 saturated carbocycles. The number of carboxylic acids is 1. The topological polar surface area (TPSA) is 74.7 Å². The first kappa shape index (κ1) is 27.3. The number of rotatable bonds is 4. The molecule has 1 N–H and O–H groups in total. The lowest BCUT2D eigenvalue weighted by molar-refractivity contribution is 0.0696. The Morgan fingerprint density at radius 3 is 2.54 bits per heavy atom. The van der Waals surface area contributed by atoms with E-state index in [4.69, 9.17) is 0 Å². The van der Waals surface area contributed by atoms with E-state index in [0.717, 1.165) is 27.3 Å². The molecule has 224 valence electrons. The third-order valence-electron chi connectivity index (χ3n) is 10.3. The fraction of sp³-hybridized carbons (Fsp3) is 0.175. The lowest BCUT2D eigenvalue weighted by Gasteiger charge is -2.28. The Bertz CT molecular complexity index is 2220. The maximum Gasteiger partial charge on any atom is 0.335 e. The van der Waals surface area contributed by atoms with Crippen molar-refractivity contribution >= 4 is 46.3 Å². The van der Waals surface area contributed by atoms with Gasteiger partial charge in [0, 0.05) is 44.2 Å². The van der Waals surface area contributed by atoms with Crippen molar-refractivity contribution < 1.29 is 19.5 Å². The lowest BCUT2D eigenvalue weighted by atomic mass is 9.95. The maximum atomic E-state index is 13.2. The van der Waals surface area contributed by atoms with Crippen LogP contribution in [0.4, 0.5) is 11.4 Å². The monoisotopic (exact) mass is 619 g/mol. The van der Waals surface area contributed by atoms with E-state index in [1.165, 1.54) is 76.7 Å². The molecule has 5 nitrogen and oxygen atoms in total. The zero-order chi connectivity index (χ0) is 31.3. The molecule has 2 heterocycles. The van der Waals surface area contributed by atoms with Crippen LogP contribution in [-0.4, -0.2) is 28.7 Å². The Morgan fingerprint density at radius 2 is 1.67 bits per heavy atom. The SMILES string of the molecule is Cc1cc(-c2ccc3c(c2)C2CCCC2N3c2ccc3c(c2)-c2ccccc2C3)sc1/C=C1\C(=O)c2ccc(C(=O)O)cc2C1=O. The molecule has 4 aliphatic rings. The second-order valence-electron chi connectivity index (χ2n) is 12.9. The smallest absolute Gasteiger partial charge is 0.335 e. The van der Waals surface area contributed by atoms with Crippen LogP contribution in [0.2, 0.25) is 0 Å². The minimum absolute atomic E-state index is 0.00285. The molecule has 2 unspecified atom stereocenters. The molecule has 5 aromatic rings. The highest BCUT2D eigenvalue weighted by atomic mass is 32.1. The minimum atomic E-state index is -1.13. The number of aromatic carboxylic acids is 1. The van der Waals surface area contributed by atoms with Crippen molar-refractivity contribution in [2.75, 3.05) is 4.90 Å². The number of aryl methyl sites for hydroxylation is 1. The van der Waals surface area contributed by atoms with Crippen molar-refractivity contribution in [2.45, 2.75) is 44.6 Å². The highest BCUT2D eigenvalue weighted by molar-refractivity contribution is 7.16. The fourth-order valence-corrected chi connectivity index (χ4v) is 9.22. The highest BCUT2D eigenvalue weighted by Crippen LogP contribution is 2.54. The van der Waals surface area contributed by atoms with Gasteiger partial charge in [-0.2, -0.15) is 0 Å². The van der Waals surface area contributed by atoms with E-state index in [0.29, 0.717) is 12.0 Å². The molecule has 6 heteroatoms. The van der Waals surface area contributed by atoms with E-state index < -0.39 is 11.8 Å². The number of Topliss-reactive ketones (excluding diaryl/α,β-unsaturated/α-hetero) is 2. The van der Waals surface area contributed by atoms with Gasteiger partial charge in [-0.15, -0.1) is 11.3 Å². The van der Waals surface area contributed by atoms with Crippen molar-refractivity contribution in [2.24, 2.45) is 0 Å². The van der Waals surface area contributed by atoms with Crippen LogP contribution in [0, 0.1) is 6.92 Å². The van der Waals surface area contributed by atoms with Gasteiger partial charge in [-0.05, 0) is 120 Å². The Labute approximate surface area is 270 Å². The quantitative estimate of drug-likeness (QED) is 0.157. The molecule has 0 saturated heterocycles. The number of thiophene rings is 1. The van der Waals surface area contributed by atoms with E-state index in [-0.39, 0.29) is 28.0 Å². The number of hydrogen-bond donors (Lipinski definition) is 1. The van der Waals surface area contributed by atoms with E-state index in [1.807, 2.05) is 6.92 Å². The third-order valence-corrected chi connectivity index (χ3v) is 11.6. The van der Waals surface area contributed by atoms with Crippen molar-refractivity contribution in [1.29, 1.82) is 0 Å². The van der Waals surface area contributed by atoms with E-state index in [1.54, 1.807) is 17.4 Å². The number of anilines is 2. The predicted molar refractivity (Wildman–Crippen MR) is 182 cm³/mol. The van der Waals surface area contributed by atoms with Crippen LogP contribution < -0.4 is 4.90 Å². The number of ketones is 2. The second-order valence-corrected chi connectivity index (χ2v) is 13.9. The summed E-state index contributed by atoms with van der Waals surface area (Å²) in [6.07, 6.45) is 6.26. The number of carbonyl (C=O) groups is 3. The van der Waals surface area contributed by atoms with E-state index >= 15 is 0 Å².